The van der Waals surface area contributed by atoms with Gasteiger partial charge in [0.15, 0.2) is 0 Å². The quantitative estimate of drug-likeness (QED) is 0.911. The van der Waals surface area contributed by atoms with Crippen LogP contribution < -0.4 is 10.2 Å². The van der Waals surface area contributed by atoms with Gasteiger partial charge in [-0.15, -0.1) is 0 Å². The number of anilines is 1. The smallest absolute Gasteiger partial charge is 0.147 e. The van der Waals surface area contributed by atoms with Crippen LogP contribution in [0.3, 0.4) is 0 Å². The minimum absolute atomic E-state index is 0.0930. The third kappa shape index (κ3) is 3.27. The molecule has 0 aromatic carbocycles. The molecule has 2 saturated heterocycles. The molecule has 2 bridgehead atoms. The van der Waals surface area contributed by atoms with Crippen molar-refractivity contribution >= 4 is 5.82 Å². The first-order valence-electron chi connectivity index (χ1n) is 7.46. The Labute approximate surface area is 120 Å². The van der Waals surface area contributed by atoms with Gasteiger partial charge in [0, 0.05) is 31.4 Å². The lowest BCUT2D eigenvalue weighted by atomic mass is 10.1. The van der Waals surface area contributed by atoms with Crippen LogP contribution in [-0.4, -0.2) is 40.8 Å². The van der Waals surface area contributed by atoms with Gasteiger partial charge in [0.25, 0.3) is 0 Å². The average Bonchev–Trinajstić information content (AvgIpc) is 2.75. The maximum Gasteiger partial charge on any atom is 0.147 e. The van der Waals surface area contributed by atoms with E-state index in [-0.39, 0.29) is 5.54 Å². The summed E-state index contributed by atoms with van der Waals surface area (Å²) < 4.78 is 5.87. The first kappa shape index (κ1) is 13.8. The van der Waals surface area contributed by atoms with Crippen LogP contribution >= 0.6 is 0 Å². The standard InChI is InChI=1S/C15H24N4O/c1-15(2,3)17-7-11-6-16-8-14(18-11)19-9-12-4-5-13(10-19)20-12/h6,8,12-13,17H,4-5,7,9-10H2,1-3H3. The fourth-order valence-corrected chi connectivity index (χ4v) is 2.79. The Bertz CT molecular complexity index is 459. The zero-order valence-corrected chi connectivity index (χ0v) is 12.6. The number of ether oxygens (including phenoxy) is 1. The van der Waals surface area contributed by atoms with Crippen molar-refractivity contribution < 1.29 is 4.74 Å². The predicted molar refractivity (Wildman–Crippen MR) is 78.7 cm³/mol. The number of nitrogens with one attached hydrogen (secondary N) is 1. The lowest BCUT2D eigenvalue weighted by Gasteiger charge is -2.33. The van der Waals surface area contributed by atoms with E-state index < -0.39 is 0 Å². The molecule has 5 heteroatoms. The molecule has 20 heavy (non-hydrogen) atoms. The lowest BCUT2D eigenvalue weighted by molar-refractivity contribution is 0.0302. The zero-order valence-electron chi connectivity index (χ0n) is 12.6. The second-order valence-corrected chi connectivity index (χ2v) is 6.83. The zero-order chi connectivity index (χ0) is 14.2. The number of nitrogens with zero attached hydrogens (tertiary/aromatic N) is 3. The summed E-state index contributed by atoms with van der Waals surface area (Å²) in [5.74, 6) is 0.985. The Morgan fingerprint density at radius 3 is 2.60 bits per heavy atom. The maximum absolute atomic E-state index is 5.87. The summed E-state index contributed by atoms with van der Waals surface area (Å²) in [4.78, 5) is 11.4. The number of morpholine rings is 1. The molecule has 0 spiro atoms. The molecule has 2 unspecified atom stereocenters. The molecule has 0 amide bonds. The number of hydrogen-bond acceptors (Lipinski definition) is 5. The van der Waals surface area contributed by atoms with Crippen LogP contribution in [0, 0.1) is 0 Å². The molecule has 1 aromatic heterocycles. The molecular formula is C15H24N4O. The Kier molecular flexibility index (Phi) is 3.65. The fraction of sp³-hybridized carbons (Fsp3) is 0.733. The van der Waals surface area contributed by atoms with Crippen molar-refractivity contribution in [3.63, 3.8) is 0 Å². The molecule has 0 saturated carbocycles. The molecule has 1 N–H and O–H groups in total. The molecule has 3 heterocycles. The summed E-state index contributed by atoms with van der Waals surface area (Å²) in [6, 6.07) is 0. The van der Waals surface area contributed by atoms with Gasteiger partial charge in [-0.25, -0.2) is 4.98 Å². The number of hydrogen-bond donors (Lipinski definition) is 1. The largest absolute Gasteiger partial charge is 0.371 e. The van der Waals surface area contributed by atoms with Crippen molar-refractivity contribution in [2.45, 2.75) is 57.9 Å². The van der Waals surface area contributed by atoms with Gasteiger partial charge in [0.2, 0.25) is 0 Å². The molecule has 110 valence electrons. The van der Waals surface area contributed by atoms with Crippen molar-refractivity contribution in [2.24, 2.45) is 0 Å². The summed E-state index contributed by atoms with van der Waals surface area (Å²) >= 11 is 0. The molecule has 3 rings (SSSR count). The highest BCUT2D eigenvalue weighted by molar-refractivity contribution is 5.38. The molecule has 5 nitrogen and oxygen atoms in total. The van der Waals surface area contributed by atoms with E-state index in [1.165, 1.54) is 12.8 Å². The van der Waals surface area contributed by atoms with Crippen LogP contribution in [0.15, 0.2) is 12.4 Å². The predicted octanol–water partition coefficient (Wildman–Crippen LogP) is 1.73. The molecule has 0 aliphatic carbocycles. The van der Waals surface area contributed by atoms with Crippen LogP contribution in [0.4, 0.5) is 5.82 Å². The third-order valence-electron chi connectivity index (χ3n) is 3.84. The van der Waals surface area contributed by atoms with Gasteiger partial charge in [0.05, 0.1) is 24.1 Å². The Morgan fingerprint density at radius 2 is 1.95 bits per heavy atom. The first-order valence-corrected chi connectivity index (χ1v) is 7.46. The van der Waals surface area contributed by atoms with Crippen LogP contribution in [0.5, 0.6) is 0 Å². The van der Waals surface area contributed by atoms with E-state index in [9.17, 15) is 0 Å². The number of aromatic nitrogens is 2. The molecule has 2 aliphatic rings. The Balaban J connectivity index is 1.68. The SMILES string of the molecule is CC(C)(C)NCc1cncc(N2CC3CCC(C2)O3)n1. The number of rotatable bonds is 3. The van der Waals surface area contributed by atoms with E-state index >= 15 is 0 Å². The van der Waals surface area contributed by atoms with Gasteiger partial charge in [-0.05, 0) is 33.6 Å². The van der Waals surface area contributed by atoms with Crippen molar-refractivity contribution in [3.05, 3.63) is 18.1 Å². The fourth-order valence-electron chi connectivity index (χ4n) is 2.79. The molecule has 2 fully saturated rings. The Hall–Kier alpha value is -1.20. The van der Waals surface area contributed by atoms with Crippen molar-refractivity contribution in [1.82, 2.24) is 15.3 Å². The van der Waals surface area contributed by atoms with E-state index in [1.807, 2.05) is 12.4 Å². The normalized spacial score (nSPS) is 26.1. The van der Waals surface area contributed by atoms with E-state index in [4.69, 9.17) is 9.72 Å². The minimum Gasteiger partial charge on any atom is -0.371 e. The second kappa shape index (κ2) is 5.30. The van der Waals surface area contributed by atoms with Gasteiger partial charge in [-0.1, -0.05) is 0 Å². The molecular weight excluding hydrogens is 252 g/mol. The lowest BCUT2D eigenvalue weighted by Crippen LogP contribution is -2.43. The Morgan fingerprint density at radius 1 is 1.25 bits per heavy atom. The highest BCUT2D eigenvalue weighted by Gasteiger charge is 2.34. The summed E-state index contributed by atoms with van der Waals surface area (Å²) in [6.45, 7) is 9.11. The second-order valence-electron chi connectivity index (χ2n) is 6.83. The van der Waals surface area contributed by atoms with E-state index in [2.05, 4.69) is 36.0 Å². The van der Waals surface area contributed by atoms with E-state index in [0.29, 0.717) is 12.2 Å². The molecule has 0 radical (unpaired) electrons. The molecule has 2 aliphatic heterocycles. The van der Waals surface area contributed by atoms with Gasteiger partial charge >= 0.3 is 0 Å². The molecule has 1 aromatic rings. The topological polar surface area (TPSA) is 50.3 Å². The number of fused-ring (bicyclic) bond motifs is 2. The van der Waals surface area contributed by atoms with Gasteiger partial charge in [-0.2, -0.15) is 0 Å². The summed E-state index contributed by atoms with van der Waals surface area (Å²) in [7, 11) is 0. The highest BCUT2D eigenvalue weighted by Crippen LogP contribution is 2.28. The van der Waals surface area contributed by atoms with Gasteiger partial charge in [0.1, 0.15) is 5.82 Å². The van der Waals surface area contributed by atoms with Crippen molar-refractivity contribution in [2.75, 3.05) is 18.0 Å². The van der Waals surface area contributed by atoms with Crippen molar-refractivity contribution in [1.29, 1.82) is 0 Å². The maximum atomic E-state index is 5.87. The van der Waals surface area contributed by atoms with Crippen LogP contribution in [-0.2, 0) is 11.3 Å². The highest BCUT2D eigenvalue weighted by atomic mass is 16.5. The first-order chi connectivity index (χ1) is 9.49. The van der Waals surface area contributed by atoms with Gasteiger partial charge in [-0.3, -0.25) is 4.98 Å². The van der Waals surface area contributed by atoms with Crippen LogP contribution in [0.2, 0.25) is 0 Å². The monoisotopic (exact) mass is 276 g/mol. The minimum atomic E-state index is 0.0930. The summed E-state index contributed by atoms with van der Waals surface area (Å²) in [6.07, 6.45) is 6.83. The summed E-state index contributed by atoms with van der Waals surface area (Å²) in [5.41, 5.74) is 1.09. The van der Waals surface area contributed by atoms with Crippen molar-refractivity contribution in [3.8, 4) is 0 Å². The summed E-state index contributed by atoms with van der Waals surface area (Å²) in [5, 5.41) is 3.45. The van der Waals surface area contributed by atoms with Crippen LogP contribution in [0.1, 0.15) is 39.3 Å². The van der Waals surface area contributed by atoms with E-state index in [0.717, 1.165) is 31.1 Å². The molecule has 2 atom stereocenters. The third-order valence-corrected chi connectivity index (χ3v) is 3.84. The van der Waals surface area contributed by atoms with Crippen LogP contribution in [0.25, 0.3) is 0 Å². The van der Waals surface area contributed by atoms with E-state index in [1.54, 1.807) is 0 Å². The van der Waals surface area contributed by atoms with Gasteiger partial charge < -0.3 is 15.0 Å². The average molecular weight is 276 g/mol.